The van der Waals surface area contributed by atoms with Crippen molar-refractivity contribution in [3.05, 3.63) is 28.2 Å². The molecule has 100 valence electrons. The topological polar surface area (TPSA) is 29.3 Å². The fourth-order valence-corrected chi connectivity index (χ4v) is 2.60. The molecule has 0 radical (unpaired) electrons. The number of nitrogens with two attached hydrogens (primary N) is 1. The van der Waals surface area contributed by atoms with Gasteiger partial charge in [-0.25, -0.2) is 0 Å². The minimum absolute atomic E-state index is 0.0523. The SMILES string of the molecule is N[C@@H]1CCCN(c2ccc(Br)cc2C(F)(F)F)C1. The van der Waals surface area contributed by atoms with E-state index in [0.29, 0.717) is 17.6 Å². The predicted molar refractivity (Wildman–Crippen MR) is 68.6 cm³/mol. The molecular formula is C12H14BrF3N2. The van der Waals surface area contributed by atoms with Crippen molar-refractivity contribution in [3.63, 3.8) is 0 Å². The van der Waals surface area contributed by atoms with Crippen molar-refractivity contribution in [2.75, 3.05) is 18.0 Å². The summed E-state index contributed by atoms with van der Waals surface area (Å²) in [7, 11) is 0. The molecule has 1 heterocycles. The number of halogens is 4. The van der Waals surface area contributed by atoms with Crippen molar-refractivity contribution in [1.29, 1.82) is 0 Å². The molecule has 0 bridgehead atoms. The molecule has 0 amide bonds. The van der Waals surface area contributed by atoms with Gasteiger partial charge in [-0.3, -0.25) is 0 Å². The molecule has 0 spiro atoms. The van der Waals surface area contributed by atoms with Gasteiger partial charge in [-0.2, -0.15) is 13.2 Å². The third kappa shape index (κ3) is 2.98. The summed E-state index contributed by atoms with van der Waals surface area (Å²) in [6.45, 7) is 1.10. The molecule has 6 heteroatoms. The van der Waals surface area contributed by atoms with Crippen LogP contribution in [0.3, 0.4) is 0 Å². The van der Waals surface area contributed by atoms with E-state index in [1.165, 1.54) is 6.07 Å². The summed E-state index contributed by atoms with van der Waals surface area (Å²) in [4.78, 5) is 1.73. The second-order valence-corrected chi connectivity index (χ2v) is 5.42. The lowest BCUT2D eigenvalue weighted by molar-refractivity contribution is -0.137. The van der Waals surface area contributed by atoms with Crippen LogP contribution in [0.5, 0.6) is 0 Å². The van der Waals surface area contributed by atoms with Crippen LogP contribution in [0, 0.1) is 0 Å². The van der Waals surface area contributed by atoms with Crippen molar-refractivity contribution in [2.24, 2.45) is 5.73 Å². The van der Waals surface area contributed by atoms with E-state index in [1.54, 1.807) is 11.0 Å². The third-order valence-electron chi connectivity index (χ3n) is 3.06. The highest BCUT2D eigenvalue weighted by molar-refractivity contribution is 9.10. The summed E-state index contributed by atoms with van der Waals surface area (Å²) in [6, 6.07) is 4.20. The number of nitrogens with zero attached hydrogens (tertiary/aromatic N) is 1. The van der Waals surface area contributed by atoms with Gasteiger partial charge in [0.2, 0.25) is 0 Å². The first-order chi connectivity index (χ1) is 8.38. The third-order valence-corrected chi connectivity index (χ3v) is 3.56. The van der Waals surface area contributed by atoms with E-state index in [4.69, 9.17) is 5.73 Å². The Morgan fingerprint density at radius 1 is 1.33 bits per heavy atom. The summed E-state index contributed by atoms with van der Waals surface area (Å²) in [5, 5.41) is 0. The van der Waals surface area contributed by atoms with Gasteiger partial charge in [0, 0.05) is 29.3 Å². The first-order valence-corrected chi connectivity index (χ1v) is 6.54. The van der Waals surface area contributed by atoms with Gasteiger partial charge < -0.3 is 10.6 Å². The van der Waals surface area contributed by atoms with Gasteiger partial charge in [-0.1, -0.05) is 15.9 Å². The van der Waals surface area contributed by atoms with Gasteiger partial charge >= 0.3 is 6.18 Å². The van der Waals surface area contributed by atoms with Gasteiger partial charge in [-0.05, 0) is 31.0 Å². The Bertz CT molecular complexity index is 434. The molecule has 0 aromatic heterocycles. The highest BCUT2D eigenvalue weighted by Crippen LogP contribution is 2.38. The first-order valence-electron chi connectivity index (χ1n) is 5.75. The maximum Gasteiger partial charge on any atom is 0.418 e. The van der Waals surface area contributed by atoms with E-state index >= 15 is 0 Å². The predicted octanol–water partition coefficient (Wildman–Crippen LogP) is 3.40. The van der Waals surface area contributed by atoms with Gasteiger partial charge in [0.05, 0.1) is 5.56 Å². The summed E-state index contributed by atoms with van der Waals surface area (Å²) in [5.74, 6) is 0. The molecule has 1 aromatic carbocycles. The zero-order valence-electron chi connectivity index (χ0n) is 9.67. The standard InChI is InChI=1S/C12H14BrF3N2/c13-8-3-4-11(10(6-8)12(14,15)16)18-5-1-2-9(17)7-18/h3-4,6,9H,1-2,5,7,17H2/t9-/m1/s1. The summed E-state index contributed by atoms with van der Waals surface area (Å²) >= 11 is 3.08. The number of benzene rings is 1. The quantitative estimate of drug-likeness (QED) is 0.858. The fourth-order valence-electron chi connectivity index (χ4n) is 2.24. The number of hydrogen-bond donors (Lipinski definition) is 1. The molecule has 1 aromatic rings. The molecule has 2 N–H and O–H groups in total. The Balaban J connectivity index is 2.37. The molecule has 2 nitrogen and oxygen atoms in total. The summed E-state index contributed by atoms with van der Waals surface area (Å²) in [5.41, 5.74) is 5.44. The van der Waals surface area contributed by atoms with Crippen LogP contribution in [0.15, 0.2) is 22.7 Å². The van der Waals surface area contributed by atoms with E-state index in [9.17, 15) is 13.2 Å². The zero-order valence-corrected chi connectivity index (χ0v) is 11.3. The van der Waals surface area contributed by atoms with Crippen LogP contribution >= 0.6 is 15.9 Å². The Labute approximate surface area is 112 Å². The lowest BCUT2D eigenvalue weighted by Gasteiger charge is -2.34. The average Bonchev–Trinajstić information content (AvgIpc) is 2.27. The number of anilines is 1. The van der Waals surface area contributed by atoms with Crippen molar-refractivity contribution in [3.8, 4) is 0 Å². The molecule has 1 atom stereocenters. The lowest BCUT2D eigenvalue weighted by atomic mass is 10.0. The largest absolute Gasteiger partial charge is 0.418 e. The molecular weight excluding hydrogens is 309 g/mol. The zero-order chi connectivity index (χ0) is 13.3. The highest BCUT2D eigenvalue weighted by Gasteiger charge is 2.35. The lowest BCUT2D eigenvalue weighted by Crippen LogP contribution is -2.43. The second-order valence-electron chi connectivity index (χ2n) is 4.51. The molecule has 2 rings (SSSR count). The van der Waals surface area contributed by atoms with Crippen LogP contribution < -0.4 is 10.6 Å². The van der Waals surface area contributed by atoms with Gasteiger partial charge in [-0.15, -0.1) is 0 Å². The first kappa shape index (κ1) is 13.7. The Morgan fingerprint density at radius 2 is 2.06 bits per heavy atom. The molecule has 1 fully saturated rings. The molecule has 0 aliphatic carbocycles. The van der Waals surface area contributed by atoms with E-state index in [0.717, 1.165) is 18.9 Å². The van der Waals surface area contributed by atoms with Crippen LogP contribution in [0.1, 0.15) is 18.4 Å². The number of rotatable bonds is 1. The minimum atomic E-state index is -4.35. The van der Waals surface area contributed by atoms with Gasteiger partial charge in [0.15, 0.2) is 0 Å². The Hall–Kier alpha value is -0.750. The van der Waals surface area contributed by atoms with Crippen molar-refractivity contribution < 1.29 is 13.2 Å². The molecule has 0 unspecified atom stereocenters. The van der Waals surface area contributed by atoms with Crippen LogP contribution in [0.4, 0.5) is 18.9 Å². The van der Waals surface area contributed by atoms with Crippen molar-refractivity contribution in [1.82, 2.24) is 0 Å². The smallest absolute Gasteiger partial charge is 0.369 e. The average molecular weight is 323 g/mol. The van der Waals surface area contributed by atoms with Crippen LogP contribution in [0.2, 0.25) is 0 Å². The Kier molecular flexibility index (Phi) is 3.87. The fraction of sp³-hybridized carbons (Fsp3) is 0.500. The maximum atomic E-state index is 13.0. The van der Waals surface area contributed by atoms with E-state index in [1.807, 2.05) is 0 Å². The second kappa shape index (κ2) is 5.09. The molecule has 0 saturated carbocycles. The number of alkyl halides is 3. The van der Waals surface area contributed by atoms with E-state index < -0.39 is 11.7 Å². The summed E-state index contributed by atoms with van der Waals surface area (Å²) < 4.78 is 39.4. The Morgan fingerprint density at radius 3 is 2.67 bits per heavy atom. The van der Waals surface area contributed by atoms with Crippen LogP contribution in [-0.4, -0.2) is 19.1 Å². The van der Waals surface area contributed by atoms with Crippen LogP contribution in [-0.2, 0) is 6.18 Å². The van der Waals surface area contributed by atoms with Crippen molar-refractivity contribution in [2.45, 2.75) is 25.1 Å². The minimum Gasteiger partial charge on any atom is -0.369 e. The number of hydrogen-bond acceptors (Lipinski definition) is 2. The van der Waals surface area contributed by atoms with Gasteiger partial charge in [0.1, 0.15) is 0 Å². The van der Waals surface area contributed by atoms with Crippen LogP contribution in [0.25, 0.3) is 0 Å². The van der Waals surface area contributed by atoms with E-state index in [2.05, 4.69) is 15.9 Å². The monoisotopic (exact) mass is 322 g/mol. The summed E-state index contributed by atoms with van der Waals surface area (Å²) in [6.07, 6.45) is -2.65. The molecule has 18 heavy (non-hydrogen) atoms. The molecule has 1 aliphatic heterocycles. The number of piperidine rings is 1. The highest BCUT2D eigenvalue weighted by atomic mass is 79.9. The van der Waals surface area contributed by atoms with E-state index in [-0.39, 0.29) is 11.7 Å². The van der Waals surface area contributed by atoms with Crippen molar-refractivity contribution >= 4 is 21.6 Å². The maximum absolute atomic E-state index is 13.0. The van der Waals surface area contributed by atoms with Gasteiger partial charge in [0.25, 0.3) is 0 Å². The normalized spacial score (nSPS) is 21.2. The molecule has 1 aliphatic rings. The molecule has 1 saturated heterocycles.